The van der Waals surface area contributed by atoms with E-state index in [1.807, 2.05) is 22.7 Å². The molecule has 0 spiro atoms. The highest BCUT2D eigenvalue weighted by molar-refractivity contribution is 5.59. The second-order valence-electron chi connectivity index (χ2n) is 4.00. The Balaban J connectivity index is 2.18. The second-order valence-corrected chi connectivity index (χ2v) is 4.00. The van der Waals surface area contributed by atoms with Gasteiger partial charge in [-0.05, 0) is 29.8 Å². The summed E-state index contributed by atoms with van der Waals surface area (Å²) in [5.74, 6) is 0.330. The van der Waals surface area contributed by atoms with Crippen LogP contribution in [0.1, 0.15) is 5.56 Å². The van der Waals surface area contributed by atoms with Crippen molar-refractivity contribution in [3.63, 3.8) is 0 Å². The van der Waals surface area contributed by atoms with Crippen molar-refractivity contribution < 1.29 is 4.39 Å². The third-order valence-corrected chi connectivity index (χ3v) is 2.79. The molecule has 0 aliphatic rings. The Hall–Kier alpha value is -2.27. The smallest absolute Gasteiger partial charge is 0.168 e. The van der Waals surface area contributed by atoms with Gasteiger partial charge in [0, 0.05) is 18.3 Å². The van der Waals surface area contributed by atoms with E-state index in [2.05, 4.69) is 10.2 Å². The van der Waals surface area contributed by atoms with Gasteiger partial charge in [0.05, 0.1) is 0 Å². The van der Waals surface area contributed by atoms with Crippen molar-refractivity contribution in [3.8, 4) is 11.4 Å². The van der Waals surface area contributed by atoms with Crippen molar-refractivity contribution in [1.82, 2.24) is 14.6 Å². The number of fused-ring (bicyclic) bond motifs is 1. The van der Waals surface area contributed by atoms with Crippen molar-refractivity contribution in [3.05, 3.63) is 54.0 Å². The third kappa shape index (κ3) is 1.74. The lowest BCUT2D eigenvalue weighted by atomic mass is 10.2. The number of rotatable bonds is 2. The van der Waals surface area contributed by atoms with Gasteiger partial charge in [0.15, 0.2) is 11.5 Å². The molecule has 0 amide bonds. The Morgan fingerprint density at radius 1 is 1.17 bits per heavy atom. The van der Waals surface area contributed by atoms with E-state index in [1.165, 1.54) is 12.1 Å². The van der Waals surface area contributed by atoms with Gasteiger partial charge in [0.2, 0.25) is 0 Å². The molecule has 0 bridgehead atoms. The average Bonchev–Trinajstić information content (AvgIpc) is 2.81. The molecule has 0 saturated heterocycles. The molecule has 2 heterocycles. The van der Waals surface area contributed by atoms with Gasteiger partial charge in [-0.1, -0.05) is 12.1 Å². The largest absolute Gasteiger partial charge is 0.326 e. The highest BCUT2D eigenvalue weighted by Crippen LogP contribution is 2.19. The first-order valence-corrected chi connectivity index (χ1v) is 5.57. The molecule has 0 fully saturated rings. The third-order valence-electron chi connectivity index (χ3n) is 2.79. The fourth-order valence-electron chi connectivity index (χ4n) is 1.88. The molecule has 3 rings (SSSR count). The SMILES string of the molecule is NCc1ccn2c(-c3cccc(F)c3)nnc2c1. The minimum atomic E-state index is -0.289. The van der Waals surface area contributed by atoms with Crippen LogP contribution in [0.15, 0.2) is 42.6 Å². The van der Waals surface area contributed by atoms with E-state index < -0.39 is 0 Å². The lowest BCUT2D eigenvalue weighted by Crippen LogP contribution is -1.97. The number of hydrogen-bond acceptors (Lipinski definition) is 3. The molecule has 0 unspecified atom stereocenters. The van der Waals surface area contributed by atoms with Gasteiger partial charge < -0.3 is 5.73 Å². The predicted molar refractivity (Wildman–Crippen MR) is 66.3 cm³/mol. The highest BCUT2D eigenvalue weighted by atomic mass is 19.1. The summed E-state index contributed by atoms with van der Waals surface area (Å²) in [5.41, 5.74) is 7.96. The van der Waals surface area contributed by atoms with Crippen LogP contribution < -0.4 is 5.73 Å². The predicted octanol–water partition coefficient (Wildman–Crippen LogP) is 1.99. The van der Waals surface area contributed by atoms with Crippen LogP contribution >= 0.6 is 0 Å². The Labute approximate surface area is 103 Å². The van der Waals surface area contributed by atoms with Crippen LogP contribution in [0.3, 0.4) is 0 Å². The van der Waals surface area contributed by atoms with E-state index in [-0.39, 0.29) is 5.82 Å². The molecular weight excluding hydrogens is 231 g/mol. The quantitative estimate of drug-likeness (QED) is 0.747. The number of aromatic nitrogens is 3. The molecule has 1 aromatic carbocycles. The average molecular weight is 242 g/mol. The van der Waals surface area contributed by atoms with Crippen molar-refractivity contribution in [2.24, 2.45) is 5.73 Å². The van der Waals surface area contributed by atoms with Gasteiger partial charge in [0.25, 0.3) is 0 Å². The van der Waals surface area contributed by atoms with Gasteiger partial charge in [0.1, 0.15) is 5.82 Å². The van der Waals surface area contributed by atoms with E-state index in [4.69, 9.17) is 5.73 Å². The first kappa shape index (κ1) is 10.9. The molecule has 90 valence electrons. The number of pyridine rings is 1. The maximum absolute atomic E-state index is 13.2. The van der Waals surface area contributed by atoms with Crippen LogP contribution in [-0.2, 0) is 6.54 Å². The molecule has 2 N–H and O–H groups in total. The van der Waals surface area contributed by atoms with Crippen LogP contribution in [-0.4, -0.2) is 14.6 Å². The summed E-state index contributed by atoms with van der Waals surface area (Å²) in [6, 6.07) is 10.1. The molecule has 3 aromatic rings. The summed E-state index contributed by atoms with van der Waals surface area (Å²) in [4.78, 5) is 0. The van der Waals surface area contributed by atoms with Gasteiger partial charge in [-0.3, -0.25) is 4.40 Å². The topological polar surface area (TPSA) is 56.2 Å². The summed E-state index contributed by atoms with van der Waals surface area (Å²) < 4.78 is 15.0. The van der Waals surface area contributed by atoms with E-state index in [0.29, 0.717) is 23.6 Å². The van der Waals surface area contributed by atoms with Crippen LogP contribution in [0.25, 0.3) is 17.0 Å². The number of benzene rings is 1. The molecule has 0 saturated carbocycles. The van der Waals surface area contributed by atoms with Crippen molar-refractivity contribution >= 4 is 5.65 Å². The summed E-state index contributed by atoms with van der Waals surface area (Å²) in [6.07, 6.45) is 1.85. The van der Waals surface area contributed by atoms with Crippen LogP contribution in [0.2, 0.25) is 0 Å². The minimum Gasteiger partial charge on any atom is -0.326 e. The summed E-state index contributed by atoms with van der Waals surface area (Å²) in [6.45, 7) is 0.457. The minimum absolute atomic E-state index is 0.289. The molecule has 4 nitrogen and oxygen atoms in total. The Morgan fingerprint density at radius 2 is 2.06 bits per heavy atom. The number of hydrogen-bond donors (Lipinski definition) is 1. The second kappa shape index (κ2) is 4.19. The van der Waals surface area contributed by atoms with Crippen LogP contribution in [0.4, 0.5) is 4.39 Å². The molecule has 5 heteroatoms. The van der Waals surface area contributed by atoms with Gasteiger partial charge in [-0.25, -0.2) is 4.39 Å². The van der Waals surface area contributed by atoms with Crippen molar-refractivity contribution in [2.45, 2.75) is 6.54 Å². The van der Waals surface area contributed by atoms with Gasteiger partial charge in [-0.2, -0.15) is 0 Å². The molecule has 0 aliphatic heterocycles. The molecule has 18 heavy (non-hydrogen) atoms. The standard InChI is InChI=1S/C13H11FN4/c14-11-3-1-2-10(7-11)13-17-16-12-6-9(8-15)4-5-18(12)13/h1-7H,8,15H2. The lowest BCUT2D eigenvalue weighted by Gasteiger charge is -2.01. The molecule has 0 aliphatic carbocycles. The number of nitrogens with two attached hydrogens (primary N) is 1. The Bertz CT molecular complexity index is 705. The fraction of sp³-hybridized carbons (Fsp3) is 0.0769. The summed E-state index contributed by atoms with van der Waals surface area (Å²) in [5, 5.41) is 8.16. The highest BCUT2D eigenvalue weighted by Gasteiger charge is 2.08. The normalized spacial score (nSPS) is 11.0. The monoisotopic (exact) mass is 242 g/mol. The molecule has 0 atom stereocenters. The van der Waals surface area contributed by atoms with Crippen LogP contribution in [0, 0.1) is 5.82 Å². The zero-order valence-corrected chi connectivity index (χ0v) is 9.55. The zero-order valence-electron chi connectivity index (χ0n) is 9.55. The van der Waals surface area contributed by atoms with Crippen LogP contribution in [0.5, 0.6) is 0 Å². The first-order chi connectivity index (χ1) is 8.78. The Kier molecular flexibility index (Phi) is 2.53. The molecular formula is C13H11FN4. The van der Waals surface area contributed by atoms with E-state index in [9.17, 15) is 4.39 Å². The maximum Gasteiger partial charge on any atom is 0.168 e. The van der Waals surface area contributed by atoms with Gasteiger partial charge in [-0.15, -0.1) is 10.2 Å². The van der Waals surface area contributed by atoms with Crippen molar-refractivity contribution in [2.75, 3.05) is 0 Å². The summed E-state index contributed by atoms with van der Waals surface area (Å²) >= 11 is 0. The zero-order chi connectivity index (χ0) is 12.5. The number of halogens is 1. The molecule has 2 aromatic heterocycles. The maximum atomic E-state index is 13.2. The van der Waals surface area contributed by atoms with E-state index in [0.717, 1.165) is 5.56 Å². The van der Waals surface area contributed by atoms with E-state index in [1.54, 1.807) is 12.1 Å². The fourth-order valence-corrected chi connectivity index (χ4v) is 1.88. The summed E-state index contributed by atoms with van der Waals surface area (Å²) in [7, 11) is 0. The Morgan fingerprint density at radius 3 is 2.83 bits per heavy atom. The lowest BCUT2D eigenvalue weighted by molar-refractivity contribution is 0.628. The van der Waals surface area contributed by atoms with E-state index >= 15 is 0 Å². The van der Waals surface area contributed by atoms with Crippen molar-refractivity contribution in [1.29, 1.82) is 0 Å². The number of nitrogens with zero attached hydrogens (tertiary/aromatic N) is 3. The molecule has 0 radical (unpaired) electrons. The first-order valence-electron chi connectivity index (χ1n) is 5.57. The van der Waals surface area contributed by atoms with Gasteiger partial charge >= 0.3 is 0 Å².